The lowest BCUT2D eigenvalue weighted by atomic mass is 10.1. The van der Waals surface area contributed by atoms with Gasteiger partial charge in [-0.25, -0.2) is 9.78 Å². The molecule has 1 heterocycles. The Balaban J connectivity index is 1.28. The average molecular weight is 416 g/mol. The van der Waals surface area contributed by atoms with Crippen molar-refractivity contribution in [3.8, 4) is 11.6 Å². The third-order valence-corrected chi connectivity index (χ3v) is 5.20. The molecular formula is C24H24N4O3. The fourth-order valence-corrected chi connectivity index (χ4v) is 3.20. The van der Waals surface area contributed by atoms with Crippen molar-refractivity contribution in [1.29, 1.82) is 0 Å². The molecule has 1 aromatic heterocycles. The van der Waals surface area contributed by atoms with Crippen LogP contribution < -0.4 is 20.7 Å². The number of carbonyl (C=O) groups is 2. The largest absolute Gasteiger partial charge is 0.439 e. The van der Waals surface area contributed by atoms with Gasteiger partial charge in [0.25, 0.3) is 0 Å². The summed E-state index contributed by atoms with van der Waals surface area (Å²) < 4.78 is 5.73. The molecule has 0 bridgehead atoms. The molecular weight excluding hydrogens is 392 g/mol. The molecule has 31 heavy (non-hydrogen) atoms. The normalized spacial score (nSPS) is 16.1. The fourth-order valence-electron chi connectivity index (χ4n) is 3.20. The molecule has 0 aliphatic heterocycles. The summed E-state index contributed by atoms with van der Waals surface area (Å²) in [7, 11) is 0. The maximum absolute atomic E-state index is 12.2. The zero-order chi connectivity index (χ0) is 21.8. The summed E-state index contributed by atoms with van der Waals surface area (Å²) in [5.41, 5.74) is 2.08. The van der Waals surface area contributed by atoms with Crippen molar-refractivity contribution in [1.82, 2.24) is 4.98 Å². The summed E-state index contributed by atoms with van der Waals surface area (Å²) in [5.74, 6) is 1.08. The first kappa shape index (κ1) is 20.4. The molecule has 1 aliphatic carbocycles. The van der Waals surface area contributed by atoms with Crippen molar-refractivity contribution >= 4 is 29.0 Å². The summed E-state index contributed by atoms with van der Waals surface area (Å²) in [6, 6.07) is 19.3. The van der Waals surface area contributed by atoms with Gasteiger partial charge in [-0.05, 0) is 54.3 Å². The summed E-state index contributed by atoms with van der Waals surface area (Å²) in [4.78, 5) is 28.5. The van der Waals surface area contributed by atoms with E-state index in [4.69, 9.17) is 4.74 Å². The summed E-state index contributed by atoms with van der Waals surface area (Å²) in [6.45, 7) is 4.17. The van der Waals surface area contributed by atoms with Crippen LogP contribution in [0.1, 0.15) is 20.3 Å². The molecule has 0 spiro atoms. The Bertz CT molecular complexity index is 1060. The smallest absolute Gasteiger partial charge is 0.323 e. The molecule has 0 saturated heterocycles. The third-order valence-electron chi connectivity index (χ3n) is 5.20. The van der Waals surface area contributed by atoms with Crippen LogP contribution in [-0.2, 0) is 4.79 Å². The van der Waals surface area contributed by atoms with E-state index in [-0.39, 0.29) is 23.3 Å². The molecule has 1 atom stereocenters. The number of anilines is 3. The van der Waals surface area contributed by atoms with Gasteiger partial charge in [-0.15, -0.1) is 0 Å². The van der Waals surface area contributed by atoms with Gasteiger partial charge in [-0.1, -0.05) is 32.0 Å². The average Bonchev–Trinajstić information content (AvgIpc) is 3.40. The van der Waals surface area contributed by atoms with E-state index in [0.717, 1.165) is 6.42 Å². The lowest BCUT2D eigenvalue weighted by molar-refractivity contribution is -0.118. The second-order valence-electron chi connectivity index (χ2n) is 8.19. The molecule has 1 fully saturated rings. The number of nitrogens with one attached hydrogen (secondary N) is 3. The fraction of sp³-hybridized carbons (Fsp3) is 0.208. The van der Waals surface area contributed by atoms with Gasteiger partial charge in [-0.3, -0.25) is 4.79 Å². The van der Waals surface area contributed by atoms with Gasteiger partial charge in [-0.2, -0.15) is 0 Å². The predicted octanol–water partition coefficient (Wildman–Crippen LogP) is 5.50. The lowest BCUT2D eigenvalue weighted by Gasteiger charge is -2.10. The third kappa shape index (κ3) is 5.39. The minimum Gasteiger partial charge on any atom is -0.439 e. The minimum atomic E-state index is -0.325. The molecule has 4 rings (SSSR count). The number of hydrogen-bond donors (Lipinski definition) is 3. The Kier molecular flexibility index (Phi) is 5.58. The molecule has 1 unspecified atom stereocenters. The molecule has 3 N–H and O–H groups in total. The van der Waals surface area contributed by atoms with Gasteiger partial charge in [0.15, 0.2) is 0 Å². The summed E-state index contributed by atoms with van der Waals surface area (Å²) >= 11 is 0. The topological polar surface area (TPSA) is 92.4 Å². The van der Waals surface area contributed by atoms with Gasteiger partial charge in [0.05, 0.1) is 11.9 Å². The highest BCUT2D eigenvalue weighted by Crippen LogP contribution is 2.51. The minimum absolute atomic E-state index is 0.0276. The Labute approximate surface area is 180 Å². The van der Waals surface area contributed by atoms with E-state index < -0.39 is 0 Å². The van der Waals surface area contributed by atoms with Crippen LogP contribution in [0.3, 0.4) is 0 Å². The van der Waals surface area contributed by atoms with Crippen molar-refractivity contribution in [2.45, 2.75) is 20.3 Å². The van der Waals surface area contributed by atoms with E-state index in [9.17, 15) is 9.59 Å². The van der Waals surface area contributed by atoms with Crippen molar-refractivity contribution in [3.63, 3.8) is 0 Å². The number of para-hydroxylation sites is 1. The number of aromatic nitrogens is 1. The molecule has 3 aromatic rings. The van der Waals surface area contributed by atoms with E-state index in [0.29, 0.717) is 28.7 Å². The Morgan fingerprint density at radius 2 is 1.48 bits per heavy atom. The quantitative estimate of drug-likeness (QED) is 0.494. The van der Waals surface area contributed by atoms with Crippen LogP contribution in [0.15, 0.2) is 72.9 Å². The van der Waals surface area contributed by atoms with E-state index in [1.807, 2.05) is 30.3 Å². The molecule has 2 aromatic carbocycles. The first-order valence-corrected chi connectivity index (χ1v) is 10.1. The van der Waals surface area contributed by atoms with Crippen LogP contribution in [0.5, 0.6) is 11.6 Å². The van der Waals surface area contributed by atoms with Gasteiger partial charge in [0.1, 0.15) is 5.75 Å². The molecule has 3 amide bonds. The SMILES string of the molecule is CC1(C)CC1C(=O)Nc1ccc(Oc2ccc(NC(=O)Nc3ccccc3)cc2)nc1. The van der Waals surface area contributed by atoms with Gasteiger partial charge >= 0.3 is 6.03 Å². The monoisotopic (exact) mass is 416 g/mol. The maximum atomic E-state index is 12.2. The van der Waals surface area contributed by atoms with Gasteiger partial charge < -0.3 is 20.7 Å². The number of hydrogen-bond acceptors (Lipinski definition) is 4. The standard InChI is InChI=1S/C24H24N4O3/c1-24(2)14-20(24)22(29)26-18-10-13-21(25-15-18)31-19-11-8-17(9-12-19)28-23(30)27-16-6-4-3-5-7-16/h3-13,15,20H,14H2,1-2H3,(H,26,29)(H2,27,28,30). The van der Waals surface area contributed by atoms with Crippen LogP contribution in [-0.4, -0.2) is 16.9 Å². The maximum Gasteiger partial charge on any atom is 0.323 e. The molecule has 0 radical (unpaired) electrons. The van der Waals surface area contributed by atoms with Crippen LogP contribution in [0.2, 0.25) is 0 Å². The van der Waals surface area contributed by atoms with Crippen LogP contribution in [0, 0.1) is 11.3 Å². The second kappa shape index (κ2) is 8.47. The van der Waals surface area contributed by atoms with Crippen LogP contribution in [0.25, 0.3) is 0 Å². The number of pyridine rings is 1. The Morgan fingerprint density at radius 1 is 0.871 bits per heavy atom. The Hall–Kier alpha value is -3.87. The van der Waals surface area contributed by atoms with E-state index in [2.05, 4.69) is 34.8 Å². The number of carbonyl (C=O) groups excluding carboxylic acids is 2. The van der Waals surface area contributed by atoms with Crippen molar-refractivity contribution in [3.05, 3.63) is 72.9 Å². The number of nitrogens with zero attached hydrogens (tertiary/aromatic N) is 1. The zero-order valence-electron chi connectivity index (χ0n) is 17.4. The second-order valence-corrected chi connectivity index (χ2v) is 8.19. The molecule has 1 aliphatic rings. The summed E-state index contributed by atoms with van der Waals surface area (Å²) in [5, 5.41) is 8.41. The van der Waals surface area contributed by atoms with Crippen molar-refractivity contribution < 1.29 is 14.3 Å². The first-order chi connectivity index (χ1) is 14.9. The summed E-state index contributed by atoms with van der Waals surface area (Å²) in [6.07, 6.45) is 2.48. The first-order valence-electron chi connectivity index (χ1n) is 10.1. The van der Waals surface area contributed by atoms with Crippen molar-refractivity contribution in [2.75, 3.05) is 16.0 Å². The van der Waals surface area contributed by atoms with Gasteiger partial charge in [0, 0.05) is 23.4 Å². The number of urea groups is 1. The van der Waals surface area contributed by atoms with Gasteiger partial charge in [0.2, 0.25) is 11.8 Å². The van der Waals surface area contributed by atoms with E-state index in [1.54, 1.807) is 42.6 Å². The highest BCUT2D eigenvalue weighted by molar-refractivity contribution is 5.99. The lowest BCUT2D eigenvalue weighted by Crippen LogP contribution is -2.19. The number of benzene rings is 2. The molecule has 1 saturated carbocycles. The van der Waals surface area contributed by atoms with Crippen molar-refractivity contribution in [2.24, 2.45) is 11.3 Å². The zero-order valence-corrected chi connectivity index (χ0v) is 17.4. The molecule has 7 heteroatoms. The molecule has 7 nitrogen and oxygen atoms in total. The highest BCUT2D eigenvalue weighted by Gasteiger charge is 2.50. The number of ether oxygens (including phenoxy) is 1. The molecule has 158 valence electrons. The van der Waals surface area contributed by atoms with Crippen LogP contribution >= 0.6 is 0 Å². The van der Waals surface area contributed by atoms with E-state index >= 15 is 0 Å². The number of rotatable bonds is 6. The van der Waals surface area contributed by atoms with E-state index in [1.165, 1.54) is 0 Å². The Morgan fingerprint density at radius 3 is 2.06 bits per heavy atom. The number of amides is 3. The van der Waals surface area contributed by atoms with Crippen LogP contribution in [0.4, 0.5) is 21.9 Å². The predicted molar refractivity (Wildman–Crippen MR) is 120 cm³/mol. The highest BCUT2D eigenvalue weighted by atomic mass is 16.5.